The molecule has 4 nitrogen and oxygen atoms in total. The van der Waals surface area contributed by atoms with Gasteiger partial charge < -0.3 is 10.1 Å². The van der Waals surface area contributed by atoms with Crippen LogP contribution >= 0.6 is 0 Å². The molecule has 2 rings (SSSR count). The molecule has 0 aliphatic rings. The minimum atomic E-state index is -0.434. The third-order valence-corrected chi connectivity index (χ3v) is 3.87. The van der Waals surface area contributed by atoms with Crippen LogP contribution in [0.3, 0.4) is 0 Å². The number of hydrogen-bond acceptors (Lipinski definition) is 3. The van der Waals surface area contributed by atoms with E-state index in [4.69, 9.17) is 4.74 Å². The highest BCUT2D eigenvalue weighted by atomic mass is 16.5. The Hall–Kier alpha value is -3.06. The number of carbonyl (C=O) groups excluding carboxylic acids is 1. The Morgan fingerprint density at radius 1 is 1.08 bits per heavy atom. The van der Waals surface area contributed by atoms with Gasteiger partial charge >= 0.3 is 0 Å². The lowest BCUT2D eigenvalue weighted by atomic mass is 10.1. The highest BCUT2D eigenvalue weighted by molar-refractivity contribution is 6.09. The summed E-state index contributed by atoms with van der Waals surface area (Å²) in [4.78, 5) is 12.3. The number of anilines is 1. The van der Waals surface area contributed by atoms with Crippen LogP contribution in [0.15, 0.2) is 60.2 Å². The molecule has 0 aliphatic heterocycles. The lowest BCUT2D eigenvalue weighted by Crippen LogP contribution is -2.13. The summed E-state index contributed by atoms with van der Waals surface area (Å²) in [6.07, 6.45) is 6.08. The van der Waals surface area contributed by atoms with Gasteiger partial charge in [0.25, 0.3) is 5.91 Å². The number of hydrogen-bond donors (Lipinski definition) is 1. The van der Waals surface area contributed by atoms with E-state index in [0.717, 1.165) is 18.4 Å². The maximum atomic E-state index is 12.3. The SMILES string of the molecule is CCCCCCOc1ccccc1/C=C(\C#N)C(=O)Nc1ccccc1. The minimum absolute atomic E-state index is 0.0379. The molecule has 0 spiro atoms. The highest BCUT2D eigenvalue weighted by Gasteiger charge is 2.11. The van der Waals surface area contributed by atoms with Crippen LogP contribution in [0.25, 0.3) is 6.08 Å². The van der Waals surface area contributed by atoms with E-state index in [9.17, 15) is 10.1 Å². The number of amides is 1. The summed E-state index contributed by atoms with van der Waals surface area (Å²) in [5.74, 6) is 0.251. The maximum absolute atomic E-state index is 12.3. The largest absolute Gasteiger partial charge is 0.493 e. The molecule has 0 unspecified atom stereocenters. The summed E-state index contributed by atoms with van der Waals surface area (Å²) in [5, 5.41) is 12.1. The van der Waals surface area contributed by atoms with E-state index in [1.807, 2.05) is 48.5 Å². The molecule has 2 aromatic rings. The van der Waals surface area contributed by atoms with Crippen LogP contribution in [0.2, 0.25) is 0 Å². The Balaban J connectivity index is 2.08. The van der Waals surface area contributed by atoms with Gasteiger partial charge in [0.1, 0.15) is 17.4 Å². The third kappa shape index (κ3) is 6.10. The Labute approximate surface area is 155 Å². The van der Waals surface area contributed by atoms with Crippen LogP contribution in [0.4, 0.5) is 5.69 Å². The molecule has 0 aromatic heterocycles. The topological polar surface area (TPSA) is 62.1 Å². The normalized spacial score (nSPS) is 10.8. The summed E-state index contributed by atoms with van der Waals surface area (Å²) in [6.45, 7) is 2.80. The van der Waals surface area contributed by atoms with Crippen molar-refractivity contribution in [1.29, 1.82) is 5.26 Å². The molecule has 26 heavy (non-hydrogen) atoms. The smallest absolute Gasteiger partial charge is 0.266 e. The Bertz CT molecular complexity index is 776. The van der Waals surface area contributed by atoms with Crippen molar-refractivity contribution in [2.45, 2.75) is 32.6 Å². The van der Waals surface area contributed by atoms with Crippen molar-refractivity contribution in [1.82, 2.24) is 0 Å². The van der Waals surface area contributed by atoms with Gasteiger partial charge in [-0.3, -0.25) is 4.79 Å². The molecule has 0 aliphatic carbocycles. The summed E-state index contributed by atoms with van der Waals surface area (Å²) in [5.41, 5.74) is 1.41. The average Bonchev–Trinajstić information content (AvgIpc) is 2.67. The van der Waals surface area contributed by atoms with Crippen molar-refractivity contribution in [3.8, 4) is 11.8 Å². The summed E-state index contributed by atoms with van der Waals surface area (Å²) in [6, 6.07) is 18.5. The zero-order valence-electron chi connectivity index (χ0n) is 15.1. The predicted molar refractivity (Wildman–Crippen MR) is 105 cm³/mol. The second-order valence-electron chi connectivity index (χ2n) is 5.94. The van der Waals surface area contributed by atoms with Crippen LogP contribution < -0.4 is 10.1 Å². The standard InChI is InChI=1S/C22H24N2O2/c1-2-3-4-10-15-26-21-14-9-8-11-18(21)16-19(17-23)22(25)24-20-12-6-5-7-13-20/h5-9,11-14,16H,2-4,10,15H2,1H3,(H,24,25)/b19-16+. The number of para-hydroxylation sites is 2. The van der Waals surface area contributed by atoms with Gasteiger partial charge in [0.2, 0.25) is 0 Å². The van der Waals surface area contributed by atoms with Gasteiger partial charge in [0.05, 0.1) is 6.61 Å². The first-order valence-corrected chi connectivity index (χ1v) is 8.94. The molecular formula is C22H24N2O2. The second-order valence-corrected chi connectivity index (χ2v) is 5.94. The fraction of sp³-hybridized carbons (Fsp3) is 0.273. The van der Waals surface area contributed by atoms with Gasteiger partial charge in [-0.1, -0.05) is 62.6 Å². The van der Waals surface area contributed by atoms with Gasteiger partial charge in [-0.2, -0.15) is 5.26 Å². The first kappa shape index (κ1) is 19.3. The maximum Gasteiger partial charge on any atom is 0.266 e. The zero-order valence-corrected chi connectivity index (χ0v) is 15.1. The highest BCUT2D eigenvalue weighted by Crippen LogP contribution is 2.22. The van der Waals surface area contributed by atoms with E-state index in [1.54, 1.807) is 18.2 Å². The number of nitrogens with zero attached hydrogens (tertiary/aromatic N) is 1. The van der Waals surface area contributed by atoms with Crippen molar-refractivity contribution < 1.29 is 9.53 Å². The monoisotopic (exact) mass is 348 g/mol. The number of benzene rings is 2. The second kappa shape index (κ2) is 10.7. The molecule has 0 radical (unpaired) electrons. The van der Waals surface area contributed by atoms with Crippen LogP contribution in [0.1, 0.15) is 38.2 Å². The molecule has 1 amide bonds. The average molecular weight is 348 g/mol. The van der Waals surface area contributed by atoms with Crippen molar-refractivity contribution in [2.75, 3.05) is 11.9 Å². The van der Waals surface area contributed by atoms with Crippen molar-refractivity contribution in [2.24, 2.45) is 0 Å². The predicted octanol–water partition coefficient (Wildman–Crippen LogP) is 5.19. The number of rotatable bonds is 9. The molecule has 0 bridgehead atoms. The number of carbonyl (C=O) groups is 1. The van der Waals surface area contributed by atoms with E-state index in [0.29, 0.717) is 18.0 Å². The number of nitriles is 1. The van der Waals surface area contributed by atoms with Gasteiger partial charge in [-0.25, -0.2) is 0 Å². The molecule has 0 saturated heterocycles. The van der Waals surface area contributed by atoms with Gasteiger partial charge in [0.15, 0.2) is 0 Å². The van der Waals surface area contributed by atoms with Crippen molar-refractivity contribution >= 4 is 17.7 Å². The van der Waals surface area contributed by atoms with E-state index in [1.165, 1.54) is 12.8 Å². The summed E-state index contributed by atoms with van der Waals surface area (Å²) >= 11 is 0. The zero-order chi connectivity index (χ0) is 18.6. The molecule has 0 saturated carbocycles. The van der Waals surface area contributed by atoms with Crippen molar-refractivity contribution in [3.05, 3.63) is 65.7 Å². The summed E-state index contributed by atoms with van der Waals surface area (Å²) in [7, 11) is 0. The molecule has 134 valence electrons. The molecular weight excluding hydrogens is 324 g/mol. The number of nitrogens with one attached hydrogen (secondary N) is 1. The number of ether oxygens (including phenoxy) is 1. The molecule has 0 fully saturated rings. The third-order valence-electron chi connectivity index (χ3n) is 3.87. The van der Waals surface area contributed by atoms with E-state index in [-0.39, 0.29) is 5.57 Å². The van der Waals surface area contributed by atoms with Crippen LogP contribution in [0, 0.1) is 11.3 Å². The fourth-order valence-electron chi connectivity index (χ4n) is 2.47. The Morgan fingerprint density at radius 3 is 2.54 bits per heavy atom. The lowest BCUT2D eigenvalue weighted by molar-refractivity contribution is -0.112. The Kier molecular flexibility index (Phi) is 7.95. The number of unbranched alkanes of at least 4 members (excludes halogenated alkanes) is 3. The quantitative estimate of drug-likeness (QED) is 0.385. The van der Waals surface area contributed by atoms with Gasteiger partial charge in [-0.15, -0.1) is 0 Å². The molecule has 0 heterocycles. The van der Waals surface area contributed by atoms with E-state index >= 15 is 0 Å². The molecule has 0 atom stereocenters. The first-order valence-electron chi connectivity index (χ1n) is 8.94. The van der Waals surface area contributed by atoms with E-state index < -0.39 is 5.91 Å². The minimum Gasteiger partial charge on any atom is -0.493 e. The molecule has 2 aromatic carbocycles. The first-order chi connectivity index (χ1) is 12.7. The van der Waals surface area contributed by atoms with Crippen molar-refractivity contribution in [3.63, 3.8) is 0 Å². The van der Waals surface area contributed by atoms with E-state index in [2.05, 4.69) is 12.2 Å². The van der Waals surface area contributed by atoms with Crippen LogP contribution in [-0.4, -0.2) is 12.5 Å². The van der Waals surface area contributed by atoms with Crippen LogP contribution in [-0.2, 0) is 4.79 Å². The van der Waals surface area contributed by atoms with Gasteiger partial charge in [0, 0.05) is 11.3 Å². The van der Waals surface area contributed by atoms with Gasteiger partial charge in [-0.05, 0) is 30.7 Å². The van der Waals surface area contributed by atoms with Crippen LogP contribution in [0.5, 0.6) is 5.75 Å². The fourth-order valence-corrected chi connectivity index (χ4v) is 2.47. The summed E-state index contributed by atoms with van der Waals surface area (Å²) < 4.78 is 5.84. The Morgan fingerprint density at radius 2 is 1.81 bits per heavy atom. The lowest BCUT2D eigenvalue weighted by Gasteiger charge is -2.10. The molecule has 1 N–H and O–H groups in total. The molecule has 4 heteroatoms.